The van der Waals surface area contributed by atoms with Crippen LogP contribution in [0, 0.1) is 0 Å². The number of carbonyl (C=O) groups excluding carboxylic acids is 2. The maximum absolute atomic E-state index is 10.2. The molecule has 0 bridgehead atoms. The third kappa shape index (κ3) is 17.9. The Hall–Kier alpha value is -1.62. The fourth-order valence-electron chi connectivity index (χ4n) is 0.251. The van der Waals surface area contributed by atoms with E-state index in [1.807, 2.05) is 0 Å². The van der Waals surface area contributed by atoms with E-state index < -0.39 is 5.91 Å². The van der Waals surface area contributed by atoms with Gasteiger partial charge in [0, 0.05) is 6.54 Å². The van der Waals surface area contributed by atoms with Crippen LogP contribution in [0.1, 0.15) is 0 Å². The Kier molecular flexibility index (Phi) is 11.1. The van der Waals surface area contributed by atoms with Gasteiger partial charge in [-0.15, -0.1) is 0 Å². The minimum Gasteiger partial charge on any atom is -0.395 e. The second-order valence-corrected chi connectivity index (χ2v) is 1.83. The SMILES string of the molecule is C=CC(=O)NCCO.C=CC(N)=O. The van der Waals surface area contributed by atoms with Gasteiger partial charge >= 0.3 is 0 Å². The molecule has 0 fully saturated rings. The van der Waals surface area contributed by atoms with E-state index in [1.54, 1.807) is 0 Å². The molecule has 0 atom stereocenters. The monoisotopic (exact) mass is 186 g/mol. The number of hydrogen-bond acceptors (Lipinski definition) is 3. The fraction of sp³-hybridized carbons (Fsp3) is 0.250. The lowest BCUT2D eigenvalue weighted by Crippen LogP contribution is -2.23. The van der Waals surface area contributed by atoms with E-state index in [9.17, 15) is 9.59 Å². The average molecular weight is 186 g/mol. The van der Waals surface area contributed by atoms with Crippen molar-refractivity contribution in [3.8, 4) is 0 Å². The zero-order valence-corrected chi connectivity index (χ0v) is 7.32. The van der Waals surface area contributed by atoms with Crippen LogP contribution >= 0.6 is 0 Å². The molecule has 0 unspecified atom stereocenters. The summed E-state index contributed by atoms with van der Waals surface area (Å²) >= 11 is 0. The van der Waals surface area contributed by atoms with Gasteiger partial charge in [-0.05, 0) is 12.2 Å². The first-order valence-electron chi connectivity index (χ1n) is 3.51. The summed E-state index contributed by atoms with van der Waals surface area (Å²) in [5.74, 6) is -0.732. The molecular formula is C8H14N2O3. The fourth-order valence-corrected chi connectivity index (χ4v) is 0.251. The molecule has 13 heavy (non-hydrogen) atoms. The maximum Gasteiger partial charge on any atom is 0.243 e. The van der Waals surface area contributed by atoms with Crippen LogP contribution in [0.15, 0.2) is 25.3 Å². The number of amides is 2. The van der Waals surface area contributed by atoms with E-state index in [4.69, 9.17) is 5.11 Å². The molecule has 0 saturated carbocycles. The summed E-state index contributed by atoms with van der Waals surface area (Å²) in [5.41, 5.74) is 4.53. The maximum atomic E-state index is 10.2. The first kappa shape index (κ1) is 13.9. The molecule has 0 aromatic carbocycles. The van der Waals surface area contributed by atoms with Crippen molar-refractivity contribution in [2.24, 2.45) is 5.73 Å². The minimum atomic E-state index is -0.481. The molecule has 5 heteroatoms. The third-order valence-corrected chi connectivity index (χ3v) is 0.798. The molecule has 0 radical (unpaired) electrons. The van der Waals surface area contributed by atoms with Crippen LogP contribution in [0.4, 0.5) is 0 Å². The predicted octanol–water partition coefficient (Wildman–Crippen LogP) is -1.06. The smallest absolute Gasteiger partial charge is 0.243 e. The van der Waals surface area contributed by atoms with Crippen molar-refractivity contribution < 1.29 is 14.7 Å². The number of primary amides is 1. The lowest BCUT2D eigenvalue weighted by molar-refractivity contribution is -0.116. The molecule has 0 saturated heterocycles. The zero-order valence-electron chi connectivity index (χ0n) is 7.32. The molecular weight excluding hydrogens is 172 g/mol. The van der Waals surface area contributed by atoms with Crippen molar-refractivity contribution in [3.63, 3.8) is 0 Å². The molecule has 4 N–H and O–H groups in total. The van der Waals surface area contributed by atoms with Gasteiger partial charge in [0.05, 0.1) is 6.61 Å². The van der Waals surface area contributed by atoms with E-state index in [0.717, 1.165) is 12.2 Å². The highest BCUT2D eigenvalue weighted by molar-refractivity contribution is 5.86. The number of aliphatic hydroxyl groups excluding tert-OH is 1. The molecule has 74 valence electrons. The molecule has 0 aromatic heterocycles. The van der Waals surface area contributed by atoms with E-state index in [-0.39, 0.29) is 12.5 Å². The topological polar surface area (TPSA) is 92.4 Å². The molecule has 0 heterocycles. The lowest BCUT2D eigenvalue weighted by Gasteiger charge is -1.94. The molecule has 0 aliphatic rings. The van der Waals surface area contributed by atoms with Gasteiger partial charge in [-0.25, -0.2) is 0 Å². The quantitative estimate of drug-likeness (QED) is 0.488. The molecule has 0 spiro atoms. The summed E-state index contributed by atoms with van der Waals surface area (Å²) in [7, 11) is 0. The van der Waals surface area contributed by atoms with Crippen molar-refractivity contribution in [1.29, 1.82) is 0 Å². The molecule has 0 aromatic rings. The van der Waals surface area contributed by atoms with E-state index in [1.165, 1.54) is 0 Å². The van der Waals surface area contributed by atoms with Gasteiger partial charge in [-0.1, -0.05) is 13.2 Å². The highest BCUT2D eigenvalue weighted by Gasteiger charge is 1.87. The normalized spacial score (nSPS) is 7.46. The van der Waals surface area contributed by atoms with Crippen molar-refractivity contribution >= 4 is 11.8 Å². The zero-order chi connectivity index (χ0) is 10.7. The Balaban J connectivity index is 0. The Bertz CT molecular complexity index is 190. The van der Waals surface area contributed by atoms with Crippen LogP contribution in [-0.4, -0.2) is 30.1 Å². The van der Waals surface area contributed by atoms with Gasteiger partial charge in [-0.3, -0.25) is 9.59 Å². The lowest BCUT2D eigenvalue weighted by atomic mass is 10.5. The summed E-state index contributed by atoms with van der Waals surface area (Å²) in [4.78, 5) is 19.7. The molecule has 0 aliphatic carbocycles. The first-order valence-corrected chi connectivity index (χ1v) is 3.51. The highest BCUT2D eigenvalue weighted by atomic mass is 16.3. The average Bonchev–Trinajstić information content (AvgIpc) is 2.15. The van der Waals surface area contributed by atoms with Crippen LogP contribution in [0.2, 0.25) is 0 Å². The molecule has 2 amide bonds. The largest absolute Gasteiger partial charge is 0.395 e. The summed E-state index contributed by atoms with van der Waals surface area (Å²) in [5, 5.41) is 10.5. The standard InChI is InChI=1S/C5H9NO2.C3H5NO/c1-2-5(8)6-3-4-7;1-2-3(4)5/h2,7H,1,3-4H2,(H,6,8);2H,1H2,(H2,4,5). The van der Waals surface area contributed by atoms with E-state index in [0.29, 0.717) is 6.54 Å². The van der Waals surface area contributed by atoms with Gasteiger partial charge in [0.15, 0.2) is 0 Å². The van der Waals surface area contributed by atoms with Crippen molar-refractivity contribution in [2.45, 2.75) is 0 Å². The van der Waals surface area contributed by atoms with Crippen LogP contribution in [0.3, 0.4) is 0 Å². The second kappa shape index (κ2) is 10.4. The molecule has 5 nitrogen and oxygen atoms in total. The van der Waals surface area contributed by atoms with Crippen molar-refractivity contribution in [3.05, 3.63) is 25.3 Å². The van der Waals surface area contributed by atoms with Crippen molar-refractivity contribution in [2.75, 3.05) is 13.2 Å². The number of rotatable bonds is 4. The molecule has 0 rings (SSSR count). The number of aliphatic hydroxyl groups is 1. The summed E-state index contributed by atoms with van der Waals surface area (Å²) in [6, 6.07) is 0. The highest BCUT2D eigenvalue weighted by Crippen LogP contribution is 1.62. The summed E-state index contributed by atoms with van der Waals surface area (Å²) in [6.07, 6.45) is 2.22. The Morgan fingerprint density at radius 1 is 1.38 bits per heavy atom. The van der Waals surface area contributed by atoms with Crippen molar-refractivity contribution in [1.82, 2.24) is 5.32 Å². The van der Waals surface area contributed by atoms with E-state index in [2.05, 4.69) is 24.2 Å². The van der Waals surface area contributed by atoms with Gasteiger partial charge in [0.2, 0.25) is 11.8 Å². The Morgan fingerprint density at radius 3 is 2.08 bits per heavy atom. The summed E-state index contributed by atoms with van der Waals surface area (Å²) < 4.78 is 0. The number of nitrogens with two attached hydrogens (primary N) is 1. The summed E-state index contributed by atoms with van der Waals surface area (Å²) in [6.45, 7) is 6.57. The Morgan fingerprint density at radius 2 is 1.85 bits per heavy atom. The number of carbonyl (C=O) groups is 2. The van der Waals surface area contributed by atoms with Crippen LogP contribution in [0.25, 0.3) is 0 Å². The third-order valence-electron chi connectivity index (χ3n) is 0.798. The van der Waals surface area contributed by atoms with Gasteiger partial charge in [0.25, 0.3) is 0 Å². The van der Waals surface area contributed by atoms with Crippen LogP contribution in [-0.2, 0) is 9.59 Å². The minimum absolute atomic E-state index is 0.0282. The Labute approximate surface area is 76.9 Å². The number of hydrogen-bond donors (Lipinski definition) is 3. The predicted molar refractivity (Wildman–Crippen MR) is 49.7 cm³/mol. The van der Waals surface area contributed by atoms with Gasteiger partial charge in [0.1, 0.15) is 0 Å². The van der Waals surface area contributed by atoms with Gasteiger partial charge in [-0.2, -0.15) is 0 Å². The first-order chi connectivity index (χ1) is 6.08. The van der Waals surface area contributed by atoms with Gasteiger partial charge < -0.3 is 16.2 Å². The number of nitrogens with one attached hydrogen (secondary N) is 1. The second-order valence-electron chi connectivity index (χ2n) is 1.83. The van der Waals surface area contributed by atoms with Crippen LogP contribution in [0.5, 0.6) is 0 Å². The van der Waals surface area contributed by atoms with Crippen LogP contribution < -0.4 is 11.1 Å². The molecule has 0 aliphatic heterocycles. The van der Waals surface area contributed by atoms with E-state index >= 15 is 0 Å².